The molecule has 0 aromatic rings. The lowest BCUT2D eigenvalue weighted by molar-refractivity contribution is -0.144. The number of thioether (sulfide) groups is 1. The number of likely N-dealkylation sites (N-methyl/N-ethyl adjacent to an activating group) is 1. The highest BCUT2D eigenvalue weighted by Crippen LogP contribution is 2.18. The summed E-state index contributed by atoms with van der Waals surface area (Å²) in [7, 11) is 1.71. The number of aliphatic carboxylic acids is 1. The highest BCUT2D eigenvalue weighted by molar-refractivity contribution is 7.99. The van der Waals surface area contributed by atoms with Gasteiger partial charge in [0.1, 0.15) is 5.54 Å². The Morgan fingerprint density at radius 1 is 1.50 bits per heavy atom. The Morgan fingerprint density at radius 2 is 2.12 bits per heavy atom. The zero-order valence-corrected chi connectivity index (χ0v) is 11.7. The number of carboxylic acids is 1. The molecule has 4 heteroatoms. The third-order valence-electron chi connectivity index (χ3n) is 3.07. The second-order valence-corrected chi connectivity index (χ2v) is 5.98. The molecule has 2 atom stereocenters. The van der Waals surface area contributed by atoms with Gasteiger partial charge >= 0.3 is 5.97 Å². The number of rotatable bonds is 9. The van der Waals surface area contributed by atoms with E-state index in [0.717, 1.165) is 23.8 Å². The van der Waals surface area contributed by atoms with E-state index < -0.39 is 11.5 Å². The lowest BCUT2D eigenvalue weighted by Crippen LogP contribution is -2.47. The standard InChI is InChI=1S/C12H25NO2S/c1-5-10(2)16-9-7-6-8-12(3,13-4)11(14)15/h10,13H,5-9H2,1-4H3,(H,14,15). The summed E-state index contributed by atoms with van der Waals surface area (Å²) in [6.07, 6.45) is 3.96. The van der Waals surface area contributed by atoms with Gasteiger partial charge in [-0.1, -0.05) is 20.3 Å². The molecule has 0 aliphatic rings. The number of carboxylic acid groups (broad SMARTS) is 1. The molecule has 0 saturated carbocycles. The first kappa shape index (κ1) is 15.8. The van der Waals surface area contributed by atoms with E-state index in [1.54, 1.807) is 14.0 Å². The number of carbonyl (C=O) groups is 1. The molecule has 0 fully saturated rings. The van der Waals surface area contributed by atoms with Crippen LogP contribution in [0.4, 0.5) is 0 Å². The zero-order chi connectivity index (χ0) is 12.6. The van der Waals surface area contributed by atoms with E-state index >= 15 is 0 Å². The van der Waals surface area contributed by atoms with Crippen LogP contribution in [0.25, 0.3) is 0 Å². The molecule has 16 heavy (non-hydrogen) atoms. The van der Waals surface area contributed by atoms with Gasteiger partial charge in [-0.25, -0.2) is 0 Å². The van der Waals surface area contributed by atoms with Crippen LogP contribution in [0.3, 0.4) is 0 Å². The normalized spacial score (nSPS) is 16.8. The molecule has 3 nitrogen and oxygen atoms in total. The van der Waals surface area contributed by atoms with Crippen LogP contribution in [0.2, 0.25) is 0 Å². The van der Waals surface area contributed by atoms with Crippen molar-refractivity contribution in [3.05, 3.63) is 0 Å². The van der Waals surface area contributed by atoms with Gasteiger partial charge in [0.15, 0.2) is 0 Å². The van der Waals surface area contributed by atoms with Gasteiger partial charge < -0.3 is 10.4 Å². The van der Waals surface area contributed by atoms with Crippen LogP contribution in [0, 0.1) is 0 Å². The SMILES string of the molecule is CCC(C)SCCCCC(C)(NC)C(=O)O. The molecular formula is C12H25NO2S. The van der Waals surface area contributed by atoms with E-state index in [2.05, 4.69) is 19.2 Å². The minimum Gasteiger partial charge on any atom is -0.480 e. The van der Waals surface area contributed by atoms with Crippen molar-refractivity contribution in [1.82, 2.24) is 5.32 Å². The van der Waals surface area contributed by atoms with E-state index in [4.69, 9.17) is 5.11 Å². The third kappa shape index (κ3) is 5.75. The molecule has 2 N–H and O–H groups in total. The number of hydrogen-bond donors (Lipinski definition) is 2. The summed E-state index contributed by atoms with van der Waals surface area (Å²) in [5, 5.41) is 12.6. The van der Waals surface area contributed by atoms with Crippen LogP contribution in [-0.2, 0) is 4.79 Å². The Balaban J connectivity index is 3.68. The average Bonchev–Trinajstić information content (AvgIpc) is 2.27. The second kappa shape index (κ2) is 7.96. The summed E-state index contributed by atoms with van der Waals surface area (Å²) < 4.78 is 0. The molecule has 0 bridgehead atoms. The van der Waals surface area contributed by atoms with Crippen molar-refractivity contribution >= 4 is 17.7 Å². The van der Waals surface area contributed by atoms with Gasteiger partial charge in [0.25, 0.3) is 0 Å². The molecular weight excluding hydrogens is 222 g/mol. The Hall–Kier alpha value is -0.220. The Labute approximate surface area is 103 Å². The summed E-state index contributed by atoms with van der Waals surface area (Å²) in [4.78, 5) is 11.0. The summed E-state index contributed by atoms with van der Waals surface area (Å²) >= 11 is 1.98. The van der Waals surface area contributed by atoms with Crippen LogP contribution in [0.1, 0.15) is 46.5 Å². The molecule has 0 aliphatic carbocycles. The first-order valence-electron chi connectivity index (χ1n) is 6.00. The maximum absolute atomic E-state index is 11.0. The smallest absolute Gasteiger partial charge is 0.323 e. The topological polar surface area (TPSA) is 49.3 Å². The highest BCUT2D eigenvalue weighted by Gasteiger charge is 2.29. The lowest BCUT2D eigenvalue weighted by Gasteiger charge is -2.23. The quantitative estimate of drug-likeness (QED) is 0.615. The van der Waals surface area contributed by atoms with E-state index in [1.165, 1.54) is 6.42 Å². The fourth-order valence-corrected chi connectivity index (χ4v) is 2.33. The van der Waals surface area contributed by atoms with Gasteiger partial charge in [-0.2, -0.15) is 11.8 Å². The number of hydrogen-bond acceptors (Lipinski definition) is 3. The fraction of sp³-hybridized carbons (Fsp3) is 0.917. The first-order valence-corrected chi connectivity index (χ1v) is 7.05. The van der Waals surface area contributed by atoms with Crippen molar-refractivity contribution < 1.29 is 9.90 Å². The van der Waals surface area contributed by atoms with Gasteiger partial charge in [-0.15, -0.1) is 0 Å². The number of unbranched alkanes of at least 4 members (excludes halogenated alkanes) is 1. The molecule has 0 rings (SSSR count). The molecule has 0 saturated heterocycles. The molecule has 96 valence electrons. The molecule has 0 aliphatic heterocycles. The van der Waals surface area contributed by atoms with Gasteiger partial charge in [-0.3, -0.25) is 4.79 Å². The van der Waals surface area contributed by atoms with Crippen molar-refractivity contribution in [3.63, 3.8) is 0 Å². The van der Waals surface area contributed by atoms with E-state index in [-0.39, 0.29) is 0 Å². The Morgan fingerprint density at radius 3 is 2.56 bits per heavy atom. The first-order chi connectivity index (χ1) is 7.46. The summed E-state index contributed by atoms with van der Waals surface area (Å²) in [5.41, 5.74) is -0.763. The maximum atomic E-state index is 11.0. The van der Waals surface area contributed by atoms with Crippen LogP contribution >= 0.6 is 11.8 Å². The van der Waals surface area contributed by atoms with Crippen LogP contribution in [0.15, 0.2) is 0 Å². The van der Waals surface area contributed by atoms with Crippen molar-refractivity contribution in [2.45, 2.75) is 57.2 Å². The average molecular weight is 247 g/mol. The summed E-state index contributed by atoms with van der Waals surface area (Å²) in [6, 6.07) is 0. The van der Waals surface area contributed by atoms with Crippen LogP contribution in [-0.4, -0.2) is 34.7 Å². The van der Waals surface area contributed by atoms with Crippen molar-refractivity contribution in [1.29, 1.82) is 0 Å². The molecule has 0 amide bonds. The van der Waals surface area contributed by atoms with Crippen LogP contribution < -0.4 is 5.32 Å². The predicted octanol–water partition coefficient (Wildman–Crippen LogP) is 2.75. The highest BCUT2D eigenvalue weighted by atomic mass is 32.2. The Kier molecular flexibility index (Phi) is 7.85. The number of nitrogens with one attached hydrogen (secondary N) is 1. The minimum absolute atomic E-state index is 0.694. The predicted molar refractivity (Wildman–Crippen MR) is 71.2 cm³/mol. The zero-order valence-electron chi connectivity index (χ0n) is 10.9. The molecule has 0 spiro atoms. The maximum Gasteiger partial charge on any atom is 0.323 e. The van der Waals surface area contributed by atoms with Crippen molar-refractivity contribution in [3.8, 4) is 0 Å². The Bertz CT molecular complexity index is 211. The third-order valence-corrected chi connectivity index (χ3v) is 4.50. The van der Waals surface area contributed by atoms with Crippen molar-refractivity contribution in [2.75, 3.05) is 12.8 Å². The van der Waals surface area contributed by atoms with Gasteiger partial charge in [0.2, 0.25) is 0 Å². The van der Waals surface area contributed by atoms with Gasteiger partial charge in [-0.05, 0) is 39.0 Å². The summed E-state index contributed by atoms with van der Waals surface area (Å²) in [6.45, 7) is 6.18. The molecule has 2 unspecified atom stereocenters. The fourth-order valence-electron chi connectivity index (χ4n) is 1.32. The second-order valence-electron chi connectivity index (χ2n) is 4.43. The van der Waals surface area contributed by atoms with E-state index in [1.807, 2.05) is 11.8 Å². The lowest BCUT2D eigenvalue weighted by atomic mass is 9.95. The molecule has 0 heterocycles. The van der Waals surface area contributed by atoms with Gasteiger partial charge in [0.05, 0.1) is 0 Å². The largest absolute Gasteiger partial charge is 0.480 e. The van der Waals surface area contributed by atoms with Crippen LogP contribution in [0.5, 0.6) is 0 Å². The van der Waals surface area contributed by atoms with E-state index in [0.29, 0.717) is 6.42 Å². The molecule has 0 aromatic heterocycles. The monoisotopic (exact) mass is 247 g/mol. The summed E-state index contributed by atoms with van der Waals surface area (Å²) in [5.74, 6) is 0.374. The molecule has 0 aromatic carbocycles. The minimum atomic E-state index is -0.763. The molecule has 0 radical (unpaired) electrons. The van der Waals surface area contributed by atoms with E-state index in [9.17, 15) is 4.79 Å². The van der Waals surface area contributed by atoms with Crippen molar-refractivity contribution in [2.24, 2.45) is 0 Å². The van der Waals surface area contributed by atoms with Gasteiger partial charge in [0, 0.05) is 5.25 Å².